The maximum absolute atomic E-state index is 13.2. The fourth-order valence-electron chi connectivity index (χ4n) is 4.31. The molecule has 1 aromatic carbocycles. The first kappa shape index (κ1) is 17.0. The normalized spacial score (nSPS) is 20.1. The van der Waals surface area contributed by atoms with Gasteiger partial charge in [-0.2, -0.15) is 5.10 Å². The summed E-state index contributed by atoms with van der Waals surface area (Å²) in [6.45, 7) is 2.21. The van der Waals surface area contributed by atoms with Gasteiger partial charge >= 0.3 is 0 Å². The van der Waals surface area contributed by atoms with E-state index in [4.69, 9.17) is 0 Å². The molecule has 0 N–H and O–H groups in total. The minimum Gasteiger partial charge on any atom is -0.310 e. The maximum atomic E-state index is 13.2. The second-order valence-electron chi connectivity index (χ2n) is 7.59. The molecule has 1 saturated carbocycles. The van der Waals surface area contributed by atoms with Crippen LogP contribution >= 0.6 is 0 Å². The first-order valence-corrected chi connectivity index (χ1v) is 9.64. The van der Waals surface area contributed by atoms with E-state index < -0.39 is 0 Å². The van der Waals surface area contributed by atoms with Gasteiger partial charge in [-0.3, -0.25) is 4.79 Å². The van der Waals surface area contributed by atoms with Crippen molar-refractivity contribution in [3.63, 3.8) is 0 Å². The highest BCUT2D eigenvalue weighted by Crippen LogP contribution is 2.33. The van der Waals surface area contributed by atoms with Crippen LogP contribution in [0.5, 0.6) is 0 Å². The number of hydrogen-bond acceptors (Lipinski definition) is 4. The van der Waals surface area contributed by atoms with E-state index in [-0.39, 0.29) is 17.4 Å². The SMILES string of the molecule is C[C@@H]1CCCC[C@H]1n1ccc2c(nnc3c(-c4ccc(F)cc4)cnn32)c1=O. The van der Waals surface area contributed by atoms with Crippen molar-refractivity contribution in [1.82, 2.24) is 24.4 Å². The lowest BCUT2D eigenvalue weighted by molar-refractivity contribution is 0.253. The third-order valence-corrected chi connectivity index (χ3v) is 5.87. The van der Waals surface area contributed by atoms with Gasteiger partial charge in [0.2, 0.25) is 0 Å². The largest absolute Gasteiger partial charge is 0.310 e. The number of rotatable bonds is 2. The second-order valence-corrected chi connectivity index (χ2v) is 7.59. The summed E-state index contributed by atoms with van der Waals surface area (Å²) in [5.41, 5.74) is 2.92. The van der Waals surface area contributed by atoms with E-state index >= 15 is 0 Å². The molecule has 0 unspecified atom stereocenters. The number of hydrogen-bond donors (Lipinski definition) is 0. The van der Waals surface area contributed by atoms with Crippen molar-refractivity contribution in [2.45, 2.75) is 38.6 Å². The van der Waals surface area contributed by atoms with Crippen molar-refractivity contribution in [3.8, 4) is 11.1 Å². The van der Waals surface area contributed by atoms with E-state index in [1.807, 2.05) is 16.8 Å². The van der Waals surface area contributed by atoms with Crippen molar-refractivity contribution in [2.75, 3.05) is 0 Å². The molecule has 0 radical (unpaired) electrons. The van der Waals surface area contributed by atoms with E-state index in [9.17, 15) is 9.18 Å². The van der Waals surface area contributed by atoms with Gasteiger partial charge in [0, 0.05) is 17.8 Å². The van der Waals surface area contributed by atoms with E-state index in [1.165, 1.54) is 18.6 Å². The van der Waals surface area contributed by atoms with Gasteiger partial charge in [-0.15, -0.1) is 10.2 Å². The van der Waals surface area contributed by atoms with Crippen LogP contribution in [0.15, 0.2) is 47.5 Å². The van der Waals surface area contributed by atoms with E-state index in [2.05, 4.69) is 22.2 Å². The lowest BCUT2D eigenvalue weighted by Gasteiger charge is -2.30. The summed E-state index contributed by atoms with van der Waals surface area (Å²) in [5, 5.41) is 12.9. The zero-order valence-corrected chi connectivity index (χ0v) is 15.5. The van der Waals surface area contributed by atoms with Crippen molar-refractivity contribution < 1.29 is 4.39 Å². The van der Waals surface area contributed by atoms with Gasteiger partial charge in [0.15, 0.2) is 11.2 Å². The zero-order valence-electron chi connectivity index (χ0n) is 15.5. The monoisotopic (exact) mass is 377 g/mol. The molecule has 1 aliphatic carbocycles. The summed E-state index contributed by atoms with van der Waals surface area (Å²) < 4.78 is 16.7. The molecule has 0 aliphatic heterocycles. The average molecular weight is 377 g/mol. The smallest absolute Gasteiger partial charge is 0.280 e. The van der Waals surface area contributed by atoms with Crippen molar-refractivity contribution >= 4 is 16.7 Å². The number of nitrogens with zero attached hydrogens (tertiary/aromatic N) is 5. The average Bonchev–Trinajstić information content (AvgIpc) is 3.14. The van der Waals surface area contributed by atoms with Crippen molar-refractivity contribution in [2.24, 2.45) is 5.92 Å². The Balaban J connectivity index is 1.66. The predicted octanol–water partition coefficient (Wildman–Crippen LogP) is 4.00. The van der Waals surface area contributed by atoms with Crippen LogP contribution in [0, 0.1) is 11.7 Å². The van der Waals surface area contributed by atoms with E-state index in [0.29, 0.717) is 22.6 Å². The van der Waals surface area contributed by atoms with Gasteiger partial charge in [0.1, 0.15) is 11.3 Å². The Bertz CT molecular complexity index is 1230. The number of fused-ring (bicyclic) bond motifs is 3. The van der Waals surface area contributed by atoms with Crippen LogP contribution in [0.25, 0.3) is 27.8 Å². The maximum Gasteiger partial charge on any atom is 0.280 e. The van der Waals surface area contributed by atoms with Crippen molar-refractivity contribution in [1.29, 1.82) is 0 Å². The molecule has 7 heteroatoms. The van der Waals surface area contributed by atoms with Crippen LogP contribution in [0.2, 0.25) is 0 Å². The number of benzene rings is 1. The Labute approximate surface area is 160 Å². The van der Waals surface area contributed by atoms with Gasteiger partial charge in [-0.05, 0) is 42.5 Å². The van der Waals surface area contributed by atoms with Crippen LogP contribution in [0.4, 0.5) is 4.39 Å². The Kier molecular flexibility index (Phi) is 3.96. The highest BCUT2D eigenvalue weighted by molar-refractivity contribution is 5.82. The molecule has 1 fully saturated rings. The van der Waals surface area contributed by atoms with Gasteiger partial charge in [0.25, 0.3) is 5.56 Å². The Morgan fingerprint density at radius 3 is 2.64 bits per heavy atom. The number of aromatic nitrogens is 5. The van der Waals surface area contributed by atoms with Crippen LogP contribution in [-0.2, 0) is 0 Å². The highest BCUT2D eigenvalue weighted by Gasteiger charge is 2.25. The lowest BCUT2D eigenvalue weighted by atomic mass is 9.85. The summed E-state index contributed by atoms with van der Waals surface area (Å²) in [7, 11) is 0. The molecule has 3 aromatic heterocycles. The summed E-state index contributed by atoms with van der Waals surface area (Å²) in [6.07, 6.45) is 8.05. The standard InChI is InChI=1S/C21H20FN5O/c1-13-4-2-3-5-17(13)26-11-10-18-19(21(26)28)24-25-20-16(12-23-27(18)20)14-6-8-15(22)9-7-14/h6-13,17H,2-5H2,1H3/t13-,17-/m1/s1. The highest BCUT2D eigenvalue weighted by atomic mass is 19.1. The van der Waals surface area contributed by atoms with E-state index in [1.54, 1.807) is 22.8 Å². The van der Waals surface area contributed by atoms with Crippen LogP contribution in [0.3, 0.4) is 0 Å². The first-order chi connectivity index (χ1) is 13.6. The Hall–Kier alpha value is -3.09. The topological polar surface area (TPSA) is 65.1 Å². The molecule has 2 atom stereocenters. The van der Waals surface area contributed by atoms with Gasteiger partial charge in [0.05, 0.1) is 6.20 Å². The molecule has 142 valence electrons. The zero-order chi connectivity index (χ0) is 19.3. The number of pyridine rings is 1. The molecule has 28 heavy (non-hydrogen) atoms. The van der Waals surface area contributed by atoms with Crippen LogP contribution < -0.4 is 5.56 Å². The van der Waals surface area contributed by atoms with Gasteiger partial charge in [-0.1, -0.05) is 31.9 Å². The summed E-state index contributed by atoms with van der Waals surface area (Å²) in [4.78, 5) is 13.1. The third-order valence-electron chi connectivity index (χ3n) is 5.87. The molecule has 0 bridgehead atoms. The molecule has 0 spiro atoms. The quantitative estimate of drug-likeness (QED) is 0.530. The molecule has 6 nitrogen and oxygen atoms in total. The predicted molar refractivity (Wildman–Crippen MR) is 105 cm³/mol. The summed E-state index contributed by atoms with van der Waals surface area (Å²) in [5.74, 6) is 0.171. The van der Waals surface area contributed by atoms with Crippen molar-refractivity contribution in [3.05, 3.63) is 58.9 Å². The fraction of sp³-hybridized carbons (Fsp3) is 0.333. The van der Waals surface area contributed by atoms with E-state index in [0.717, 1.165) is 30.4 Å². The fourth-order valence-corrected chi connectivity index (χ4v) is 4.31. The van der Waals surface area contributed by atoms with Gasteiger partial charge < -0.3 is 4.57 Å². The molecule has 0 saturated heterocycles. The summed E-state index contributed by atoms with van der Waals surface area (Å²) >= 11 is 0. The third kappa shape index (κ3) is 2.61. The minimum absolute atomic E-state index is 0.121. The molecule has 1 aliphatic rings. The molecule has 4 aromatic rings. The Morgan fingerprint density at radius 1 is 1.07 bits per heavy atom. The molecule has 0 amide bonds. The summed E-state index contributed by atoms with van der Waals surface area (Å²) in [6, 6.07) is 8.26. The van der Waals surface area contributed by atoms with Gasteiger partial charge in [-0.25, -0.2) is 8.91 Å². The minimum atomic E-state index is -0.297. The molecule has 3 heterocycles. The van der Waals surface area contributed by atoms with Crippen LogP contribution in [-0.4, -0.2) is 24.4 Å². The lowest BCUT2D eigenvalue weighted by Crippen LogP contribution is -2.31. The number of halogens is 1. The molecular weight excluding hydrogens is 357 g/mol. The molecule has 5 rings (SSSR count). The molecular formula is C21H20FN5O. The Morgan fingerprint density at radius 2 is 1.86 bits per heavy atom. The first-order valence-electron chi connectivity index (χ1n) is 9.64. The van der Waals surface area contributed by atoms with Crippen LogP contribution in [0.1, 0.15) is 38.6 Å². The second kappa shape index (κ2) is 6.51.